The van der Waals surface area contributed by atoms with Gasteiger partial charge in [0.1, 0.15) is 7.85 Å². The van der Waals surface area contributed by atoms with Crippen molar-refractivity contribution in [2.75, 3.05) is 27.4 Å². The monoisotopic (exact) mass is 198 g/mol. The van der Waals surface area contributed by atoms with E-state index in [1.165, 1.54) is 6.42 Å². The molecule has 0 radical (unpaired) electrons. The summed E-state index contributed by atoms with van der Waals surface area (Å²) in [6, 6.07) is 0. The van der Waals surface area contributed by atoms with Crippen molar-refractivity contribution in [3.05, 3.63) is 0 Å². The van der Waals surface area contributed by atoms with E-state index in [0.717, 1.165) is 19.6 Å². The summed E-state index contributed by atoms with van der Waals surface area (Å²) < 4.78 is 16.8. The fraction of sp³-hybridized carbons (Fsp3) is 1.00. The molecule has 0 spiro atoms. The summed E-state index contributed by atoms with van der Waals surface area (Å²) in [5, 5.41) is 0. The lowest BCUT2D eigenvalue weighted by molar-refractivity contribution is -0.0608. The predicted molar refractivity (Wildman–Crippen MR) is 56.4 cm³/mol. The summed E-state index contributed by atoms with van der Waals surface area (Å²) in [4.78, 5) is 0. The van der Waals surface area contributed by atoms with Gasteiger partial charge in [-0.15, -0.1) is 0 Å². The SMILES string of the molecule is B[C@@H]1CC[C@@]2(COC)COC1C2OC. The van der Waals surface area contributed by atoms with Crippen LogP contribution >= 0.6 is 0 Å². The zero-order valence-electron chi connectivity index (χ0n) is 9.29. The number of fused-ring (bicyclic) bond motifs is 2. The first-order chi connectivity index (χ1) is 6.73. The third-order valence-corrected chi connectivity index (χ3v) is 3.81. The topological polar surface area (TPSA) is 27.7 Å². The average Bonchev–Trinajstić information content (AvgIpc) is 2.46. The molecule has 1 aliphatic heterocycles. The van der Waals surface area contributed by atoms with E-state index < -0.39 is 0 Å². The third kappa shape index (κ3) is 1.40. The van der Waals surface area contributed by atoms with Crippen molar-refractivity contribution >= 4 is 7.85 Å². The zero-order chi connectivity index (χ0) is 10.2. The molecule has 1 aliphatic carbocycles. The van der Waals surface area contributed by atoms with Crippen LogP contribution in [0.5, 0.6) is 0 Å². The van der Waals surface area contributed by atoms with Crippen LogP contribution in [0.25, 0.3) is 0 Å². The molecule has 1 heterocycles. The molecule has 2 unspecified atom stereocenters. The lowest BCUT2D eigenvalue weighted by Gasteiger charge is -2.40. The molecule has 2 aliphatic rings. The van der Waals surface area contributed by atoms with Crippen molar-refractivity contribution in [2.24, 2.45) is 5.41 Å². The van der Waals surface area contributed by atoms with Gasteiger partial charge < -0.3 is 14.2 Å². The van der Waals surface area contributed by atoms with E-state index in [2.05, 4.69) is 7.85 Å². The van der Waals surface area contributed by atoms with Crippen molar-refractivity contribution < 1.29 is 14.2 Å². The van der Waals surface area contributed by atoms with Crippen LogP contribution in [0.15, 0.2) is 0 Å². The van der Waals surface area contributed by atoms with Crippen LogP contribution in [0.3, 0.4) is 0 Å². The molecule has 14 heavy (non-hydrogen) atoms. The lowest BCUT2D eigenvalue weighted by atomic mass is 9.64. The van der Waals surface area contributed by atoms with Gasteiger partial charge in [-0.25, -0.2) is 0 Å². The number of hydrogen-bond donors (Lipinski definition) is 0. The maximum atomic E-state index is 5.84. The molecule has 1 saturated heterocycles. The van der Waals surface area contributed by atoms with Crippen LogP contribution in [0.1, 0.15) is 12.8 Å². The number of methoxy groups -OCH3 is 2. The number of ether oxygens (including phenoxy) is 3. The Morgan fingerprint density at radius 1 is 1.50 bits per heavy atom. The first-order valence-corrected chi connectivity index (χ1v) is 5.37. The second-order valence-electron chi connectivity index (χ2n) is 4.74. The Hall–Kier alpha value is -0.0551. The second kappa shape index (κ2) is 3.84. The van der Waals surface area contributed by atoms with Crippen LogP contribution in [0.4, 0.5) is 0 Å². The van der Waals surface area contributed by atoms with Crippen molar-refractivity contribution in [3.63, 3.8) is 0 Å². The van der Waals surface area contributed by atoms with Crippen LogP contribution in [0, 0.1) is 5.41 Å². The summed E-state index contributed by atoms with van der Waals surface area (Å²) in [5.74, 6) is 0.618. The Balaban J connectivity index is 2.17. The molecule has 1 saturated carbocycles. The van der Waals surface area contributed by atoms with Crippen LogP contribution in [-0.2, 0) is 14.2 Å². The summed E-state index contributed by atoms with van der Waals surface area (Å²) in [6.07, 6.45) is 2.90. The Kier molecular flexibility index (Phi) is 2.87. The maximum absolute atomic E-state index is 5.84. The van der Waals surface area contributed by atoms with Gasteiger partial charge in [-0.3, -0.25) is 0 Å². The predicted octanol–water partition coefficient (Wildman–Crippen LogP) is 0.248. The summed E-state index contributed by atoms with van der Waals surface area (Å²) in [6.45, 7) is 1.56. The standard InChI is InChI=1S/C10H19BO3/c1-12-5-10-4-3-7(11)8(14-6-10)9(10)13-2/h7-9H,3-6,11H2,1-2H3/t7-,8?,9?,10-/m1/s1. The molecule has 3 nitrogen and oxygen atoms in total. The second-order valence-corrected chi connectivity index (χ2v) is 4.74. The fourth-order valence-corrected chi connectivity index (χ4v) is 3.00. The van der Waals surface area contributed by atoms with E-state index in [0.29, 0.717) is 5.82 Å². The molecule has 0 N–H and O–H groups in total. The van der Waals surface area contributed by atoms with Gasteiger partial charge in [0.05, 0.1) is 25.4 Å². The summed E-state index contributed by atoms with van der Waals surface area (Å²) in [7, 11) is 5.79. The van der Waals surface area contributed by atoms with Gasteiger partial charge in [-0.05, 0) is 12.2 Å². The minimum atomic E-state index is 0.126. The molecule has 0 aromatic rings. The van der Waals surface area contributed by atoms with Gasteiger partial charge in [0.2, 0.25) is 0 Å². The van der Waals surface area contributed by atoms with E-state index in [-0.39, 0.29) is 17.6 Å². The maximum Gasteiger partial charge on any atom is 0.108 e. The molecular formula is C10H19BO3. The lowest BCUT2D eigenvalue weighted by Crippen LogP contribution is -2.47. The first-order valence-electron chi connectivity index (χ1n) is 5.37. The van der Waals surface area contributed by atoms with Crippen molar-refractivity contribution in [1.82, 2.24) is 0 Å². The average molecular weight is 198 g/mol. The quantitative estimate of drug-likeness (QED) is 0.608. The zero-order valence-corrected chi connectivity index (χ0v) is 9.29. The highest BCUT2D eigenvalue weighted by molar-refractivity contribution is 6.12. The van der Waals surface area contributed by atoms with E-state index in [4.69, 9.17) is 14.2 Å². The molecule has 4 heteroatoms. The van der Waals surface area contributed by atoms with Crippen molar-refractivity contribution in [2.45, 2.75) is 30.9 Å². The smallest absolute Gasteiger partial charge is 0.108 e. The molecule has 2 fully saturated rings. The van der Waals surface area contributed by atoms with Crippen molar-refractivity contribution in [3.8, 4) is 0 Å². The van der Waals surface area contributed by atoms with Gasteiger partial charge in [0.15, 0.2) is 0 Å². The molecule has 0 aromatic heterocycles. The molecule has 80 valence electrons. The van der Waals surface area contributed by atoms with E-state index in [9.17, 15) is 0 Å². The molecule has 0 amide bonds. The van der Waals surface area contributed by atoms with Gasteiger partial charge in [-0.2, -0.15) is 0 Å². The Labute approximate surface area is 86.5 Å². The van der Waals surface area contributed by atoms with Gasteiger partial charge in [0, 0.05) is 19.6 Å². The molecule has 4 atom stereocenters. The number of rotatable bonds is 3. The molecular weight excluding hydrogens is 179 g/mol. The Morgan fingerprint density at radius 3 is 2.93 bits per heavy atom. The van der Waals surface area contributed by atoms with Gasteiger partial charge in [-0.1, -0.05) is 6.42 Å². The van der Waals surface area contributed by atoms with Crippen LogP contribution in [-0.4, -0.2) is 47.5 Å². The Bertz CT molecular complexity index is 212. The minimum Gasteiger partial charge on any atom is -0.384 e. The van der Waals surface area contributed by atoms with E-state index in [1.54, 1.807) is 14.2 Å². The molecule has 2 bridgehead atoms. The summed E-state index contributed by atoms with van der Waals surface area (Å²) in [5.41, 5.74) is 0.126. The largest absolute Gasteiger partial charge is 0.384 e. The Morgan fingerprint density at radius 2 is 2.29 bits per heavy atom. The van der Waals surface area contributed by atoms with Crippen LogP contribution in [0.2, 0.25) is 5.82 Å². The molecule has 0 aromatic carbocycles. The van der Waals surface area contributed by atoms with Crippen LogP contribution < -0.4 is 0 Å². The first kappa shape index (κ1) is 10.5. The minimum absolute atomic E-state index is 0.126. The van der Waals surface area contributed by atoms with E-state index in [1.807, 2.05) is 0 Å². The summed E-state index contributed by atoms with van der Waals surface area (Å²) >= 11 is 0. The van der Waals surface area contributed by atoms with Crippen molar-refractivity contribution in [1.29, 1.82) is 0 Å². The molecule has 2 rings (SSSR count). The highest BCUT2D eigenvalue weighted by Crippen LogP contribution is 2.49. The third-order valence-electron chi connectivity index (χ3n) is 3.81. The van der Waals surface area contributed by atoms with Gasteiger partial charge in [0.25, 0.3) is 0 Å². The normalized spacial score (nSPS) is 46.9. The highest BCUT2D eigenvalue weighted by Gasteiger charge is 2.54. The number of hydrogen-bond acceptors (Lipinski definition) is 3. The van der Waals surface area contributed by atoms with Gasteiger partial charge >= 0.3 is 0 Å². The highest BCUT2D eigenvalue weighted by atomic mass is 16.6. The fourth-order valence-electron chi connectivity index (χ4n) is 3.00. The van der Waals surface area contributed by atoms with E-state index >= 15 is 0 Å².